The monoisotopic (exact) mass is 598 g/mol. The van der Waals surface area contributed by atoms with Crippen LogP contribution in [0.3, 0.4) is 0 Å². The molecule has 5 aromatic rings. The maximum atomic E-state index is 4.04. The van der Waals surface area contributed by atoms with E-state index in [1.165, 1.54) is 86.3 Å². The van der Waals surface area contributed by atoms with Crippen LogP contribution in [-0.4, -0.2) is 0 Å². The molecule has 0 amide bonds. The van der Waals surface area contributed by atoms with Crippen LogP contribution in [0.15, 0.2) is 104 Å². The van der Waals surface area contributed by atoms with Crippen LogP contribution in [0, 0.1) is 5.92 Å². The van der Waals surface area contributed by atoms with Crippen LogP contribution >= 0.6 is 0 Å². The van der Waals surface area contributed by atoms with Gasteiger partial charge in [0.2, 0.25) is 0 Å². The Kier molecular flexibility index (Phi) is 16.1. The molecule has 0 aliphatic heterocycles. The molecule has 5 rings (SSSR count). The lowest BCUT2D eigenvalue weighted by molar-refractivity contribution is 0.667. The molecule has 45 heavy (non-hydrogen) atoms. The van der Waals surface area contributed by atoms with E-state index in [2.05, 4.69) is 126 Å². The Morgan fingerprint density at radius 3 is 1.69 bits per heavy atom. The summed E-state index contributed by atoms with van der Waals surface area (Å²) in [7, 11) is 0. The van der Waals surface area contributed by atoms with Gasteiger partial charge < -0.3 is 0 Å². The highest BCUT2D eigenvalue weighted by molar-refractivity contribution is 6.22. The minimum absolute atomic E-state index is 0.659. The largest absolute Gasteiger partial charge is 0.0984 e. The fraction of sp³-hybridized carbons (Fsp3) is 0.333. The first-order valence-electron chi connectivity index (χ1n) is 17.3. The maximum Gasteiger partial charge on any atom is -0.00987 e. The second-order valence-electron chi connectivity index (χ2n) is 11.3. The lowest BCUT2D eigenvalue weighted by atomic mass is 9.91. The highest BCUT2D eigenvalue weighted by Crippen LogP contribution is 2.37. The van der Waals surface area contributed by atoms with E-state index in [1.807, 2.05) is 46.8 Å². The third-order valence-corrected chi connectivity index (χ3v) is 8.25. The summed E-state index contributed by atoms with van der Waals surface area (Å²) in [5, 5.41) is 10.4. The zero-order valence-electron chi connectivity index (χ0n) is 29.8. The number of benzene rings is 5. The molecule has 0 aliphatic rings. The molecule has 0 heteroatoms. The Bertz CT molecular complexity index is 1740. The van der Waals surface area contributed by atoms with Crippen molar-refractivity contribution in [3.63, 3.8) is 0 Å². The standard InChI is InChI=1S/C32H30.C9H16.2C2H6/c1-4-7-8-9-10-22-11-14-26-24(21-22)13-16-30-28(26)18-20-31-29-15-12-23(5-2)25(6-3)27(29)17-19-32(30)31;1-5-7-9(6-2)8(3)4;2*1-2/h5-6,11-21H,2-4,7-10H2,1H3;5-8H,1-4H3;2*1-2H3/b;7-5-,9-6-;;. The van der Waals surface area contributed by atoms with Crippen LogP contribution in [0.25, 0.3) is 55.2 Å². The summed E-state index contributed by atoms with van der Waals surface area (Å²) in [6.07, 6.45) is 16.7. The molecule has 0 fully saturated rings. The average molecular weight is 599 g/mol. The fourth-order valence-corrected chi connectivity index (χ4v) is 6.00. The highest BCUT2D eigenvalue weighted by atomic mass is 14.1. The number of fused-ring (bicyclic) bond motifs is 7. The Labute approximate surface area is 275 Å². The predicted octanol–water partition coefficient (Wildman–Crippen LogP) is 14.9. The zero-order chi connectivity index (χ0) is 33.4. The number of rotatable bonds is 9. The van der Waals surface area contributed by atoms with Gasteiger partial charge in [-0.05, 0) is 92.4 Å². The molecule has 0 N–H and O–H groups in total. The molecular formula is C45H58. The Morgan fingerprint density at radius 1 is 0.644 bits per heavy atom. The van der Waals surface area contributed by atoms with E-state index < -0.39 is 0 Å². The van der Waals surface area contributed by atoms with Crippen LogP contribution in [0.2, 0.25) is 0 Å². The van der Waals surface area contributed by atoms with Gasteiger partial charge in [-0.1, -0.05) is 184 Å². The van der Waals surface area contributed by atoms with Gasteiger partial charge >= 0.3 is 0 Å². The van der Waals surface area contributed by atoms with E-state index in [0.717, 1.165) is 11.1 Å². The Balaban J connectivity index is 0.000000466. The summed E-state index contributed by atoms with van der Waals surface area (Å²) >= 11 is 0. The van der Waals surface area contributed by atoms with Gasteiger partial charge in [0.05, 0.1) is 0 Å². The highest BCUT2D eigenvalue weighted by Gasteiger charge is 2.10. The summed E-state index contributed by atoms with van der Waals surface area (Å²) in [4.78, 5) is 0. The second kappa shape index (κ2) is 19.5. The van der Waals surface area contributed by atoms with Gasteiger partial charge in [0.15, 0.2) is 0 Å². The summed E-state index contributed by atoms with van der Waals surface area (Å²) < 4.78 is 0. The Hall–Kier alpha value is -3.90. The maximum absolute atomic E-state index is 4.04. The molecule has 0 atom stereocenters. The molecule has 5 aromatic carbocycles. The van der Waals surface area contributed by atoms with Gasteiger partial charge in [-0.25, -0.2) is 0 Å². The van der Waals surface area contributed by atoms with Crippen molar-refractivity contribution in [1.29, 1.82) is 0 Å². The topological polar surface area (TPSA) is 0 Å². The molecule has 0 aliphatic carbocycles. The summed E-state index contributed by atoms with van der Waals surface area (Å²) in [5.74, 6) is 0.659. The fourth-order valence-electron chi connectivity index (χ4n) is 6.00. The smallest absolute Gasteiger partial charge is 0.00987 e. The first-order chi connectivity index (χ1) is 22.0. The van der Waals surface area contributed by atoms with Gasteiger partial charge in [0.1, 0.15) is 0 Å². The number of unbranched alkanes of at least 4 members (excludes halogenated alkanes) is 3. The molecule has 0 bridgehead atoms. The number of aryl methyl sites for hydroxylation is 1. The first kappa shape index (κ1) is 37.3. The van der Waals surface area contributed by atoms with Crippen LogP contribution < -0.4 is 0 Å². The zero-order valence-corrected chi connectivity index (χ0v) is 29.8. The van der Waals surface area contributed by atoms with E-state index >= 15 is 0 Å². The van der Waals surface area contributed by atoms with Gasteiger partial charge in [0.25, 0.3) is 0 Å². The molecule has 0 nitrogen and oxygen atoms in total. The summed E-state index contributed by atoms with van der Waals surface area (Å²) in [5.41, 5.74) is 5.15. The van der Waals surface area contributed by atoms with Gasteiger partial charge in [0, 0.05) is 0 Å². The Morgan fingerprint density at radius 2 is 1.18 bits per heavy atom. The van der Waals surface area contributed by atoms with E-state index in [4.69, 9.17) is 0 Å². The van der Waals surface area contributed by atoms with Gasteiger partial charge in [-0.15, -0.1) is 0 Å². The third kappa shape index (κ3) is 9.07. The van der Waals surface area contributed by atoms with Crippen LogP contribution in [0.4, 0.5) is 0 Å². The molecular weight excluding hydrogens is 540 g/mol. The molecule has 0 aromatic heterocycles. The molecule has 0 saturated carbocycles. The van der Waals surface area contributed by atoms with Crippen LogP contribution in [0.5, 0.6) is 0 Å². The van der Waals surface area contributed by atoms with Crippen molar-refractivity contribution >= 4 is 55.2 Å². The molecule has 0 spiro atoms. The minimum atomic E-state index is 0.659. The van der Waals surface area contributed by atoms with E-state index in [-0.39, 0.29) is 0 Å². The lowest BCUT2D eigenvalue weighted by Crippen LogP contribution is -1.88. The SMILES string of the molecule is C/C=C\C(=C\C)C(C)C.C=Cc1ccc2c(ccc3c2ccc2c4ccc(CCCCCC)cc4ccc23)c1C=C.CC.CC. The number of allylic oxidation sites excluding steroid dienone is 4. The van der Waals surface area contributed by atoms with Crippen LogP contribution in [0.1, 0.15) is 105 Å². The molecule has 0 radical (unpaired) electrons. The predicted molar refractivity (Wildman–Crippen MR) is 211 cm³/mol. The molecule has 238 valence electrons. The number of hydrogen-bond acceptors (Lipinski definition) is 0. The van der Waals surface area contributed by atoms with Crippen molar-refractivity contribution in [2.75, 3.05) is 0 Å². The van der Waals surface area contributed by atoms with E-state index in [1.54, 1.807) is 0 Å². The van der Waals surface area contributed by atoms with E-state index in [0.29, 0.717) is 5.92 Å². The van der Waals surface area contributed by atoms with Crippen molar-refractivity contribution in [2.45, 2.75) is 94.4 Å². The summed E-state index contributed by atoms with van der Waals surface area (Å²) in [6.45, 7) is 26.8. The normalized spacial score (nSPS) is 11.2. The average Bonchev–Trinajstić information content (AvgIpc) is 3.09. The van der Waals surface area contributed by atoms with Gasteiger partial charge in [-0.3, -0.25) is 0 Å². The van der Waals surface area contributed by atoms with Crippen molar-refractivity contribution < 1.29 is 0 Å². The van der Waals surface area contributed by atoms with Gasteiger partial charge in [-0.2, -0.15) is 0 Å². The molecule has 0 unspecified atom stereocenters. The minimum Gasteiger partial charge on any atom is -0.0984 e. The van der Waals surface area contributed by atoms with Crippen molar-refractivity contribution in [1.82, 2.24) is 0 Å². The molecule has 0 saturated heterocycles. The van der Waals surface area contributed by atoms with Crippen molar-refractivity contribution in [2.24, 2.45) is 5.92 Å². The molecule has 0 heterocycles. The van der Waals surface area contributed by atoms with E-state index in [9.17, 15) is 0 Å². The second-order valence-corrected chi connectivity index (χ2v) is 11.3. The quantitative estimate of drug-likeness (QED) is 0.0899. The van der Waals surface area contributed by atoms with Crippen molar-refractivity contribution in [3.8, 4) is 0 Å². The van der Waals surface area contributed by atoms with Crippen molar-refractivity contribution in [3.05, 3.63) is 120 Å². The van der Waals surface area contributed by atoms with Crippen LogP contribution in [-0.2, 0) is 6.42 Å². The first-order valence-corrected chi connectivity index (χ1v) is 17.3. The number of hydrogen-bond donors (Lipinski definition) is 0. The lowest BCUT2D eigenvalue weighted by Gasteiger charge is -2.13. The summed E-state index contributed by atoms with van der Waals surface area (Å²) in [6, 6.07) is 25.1. The third-order valence-electron chi connectivity index (χ3n) is 8.25.